The SMILES string of the molecule is CCc1nnc(N2CCN(C(=O)CC3CCCCC3)CC2)c(C#N)c1CC. The normalized spacial score (nSPS) is 18.4. The topological polar surface area (TPSA) is 73.1 Å². The molecule has 146 valence electrons. The Morgan fingerprint density at radius 2 is 1.78 bits per heavy atom. The van der Waals surface area contributed by atoms with Gasteiger partial charge in [-0.05, 0) is 37.2 Å². The van der Waals surface area contributed by atoms with Crippen LogP contribution in [0.4, 0.5) is 5.82 Å². The van der Waals surface area contributed by atoms with Gasteiger partial charge in [0.1, 0.15) is 11.6 Å². The van der Waals surface area contributed by atoms with E-state index >= 15 is 0 Å². The second-order valence-electron chi connectivity index (χ2n) is 7.72. The van der Waals surface area contributed by atoms with Crippen LogP contribution in [0.25, 0.3) is 0 Å². The molecule has 3 rings (SSSR count). The number of aromatic nitrogens is 2. The highest BCUT2D eigenvalue weighted by Gasteiger charge is 2.27. The Morgan fingerprint density at radius 3 is 2.37 bits per heavy atom. The third kappa shape index (κ3) is 4.40. The van der Waals surface area contributed by atoms with Crippen LogP contribution in [-0.2, 0) is 17.6 Å². The van der Waals surface area contributed by atoms with E-state index < -0.39 is 0 Å². The second kappa shape index (κ2) is 9.16. The van der Waals surface area contributed by atoms with Gasteiger partial charge in [-0.1, -0.05) is 33.1 Å². The zero-order chi connectivity index (χ0) is 19.2. The number of hydrogen-bond donors (Lipinski definition) is 0. The van der Waals surface area contributed by atoms with Gasteiger partial charge in [-0.15, -0.1) is 5.10 Å². The predicted octanol–water partition coefficient (Wildman–Crippen LogP) is 3.09. The Morgan fingerprint density at radius 1 is 1.07 bits per heavy atom. The highest BCUT2D eigenvalue weighted by Crippen LogP contribution is 2.28. The first-order valence-electron chi connectivity index (χ1n) is 10.5. The van der Waals surface area contributed by atoms with E-state index in [4.69, 9.17) is 0 Å². The first-order chi connectivity index (χ1) is 13.2. The van der Waals surface area contributed by atoms with Crippen LogP contribution in [0.2, 0.25) is 0 Å². The van der Waals surface area contributed by atoms with Crippen LogP contribution in [0.15, 0.2) is 0 Å². The van der Waals surface area contributed by atoms with Gasteiger partial charge in [-0.3, -0.25) is 4.79 Å². The first-order valence-corrected chi connectivity index (χ1v) is 10.5. The lowest BCUT2D eigenvalue weighted by Gasteiger charge is -2.36. The fraction of sp³-hybridized carbons (Fsp3) is 0.714. The highest BCUT2D eigenvalue weighted by atomic mass is 16.2. The van der Waals surface area contributed by atoms with Crippen LogP contribution in [0.3, 0.4) is 0 Å². The molecule has 1 saturated carbocycles. The zero-order valence-electron chi connectivity index (χ0n) is 16.7. The lowest BCUT2D eigenvalue weighted by atomic mass is 9.86. The maximum absolute atomic E-state index is 12.6. The van der Waals surface area contributed by atoms with Crippen LogP contribution in [0, 0.1) is 17.2 Å². The number of carbonyl (C=O) groups excluding carboxylic acids is 1. The third-order valence-electron chi connectivity index (χ3n) is 6.06. The number of rotatable bonds is 5. The fourth-order valence-corrected chi connectivity index (χ4v) is 4.44. The van der Waals surface area contributed by atoms with E-state index in [1.165, 1.54) is 32.1 Å². The smallest absolute Gasteiger partial charge is 0.222 e. The summed E-state index contributed by atoms with van der Waals surface area (Å²) >= 11 is 0. The molecule has 0 radical (unpaired) electrons. The van der Waals surface area contributed by atoms with Crippen molar-refractivity contribution in [1.29, 1.82) is 5.26 Å². The standard InChI is InChI=1S/C21H31N5O/c1-3-17-18(15-22)21(24-23-19(17)4-2)26-12-10-25(11-13-26)20(27)14-16-8-6-5-7-9-16/h16H,3-14H2,1-2H3. The Kier molecular flexibility index (Phi) is 6.65. The molecule has 0 N–H and O–H groups in total. The van der Waals surface area contributed by atoms with Gasteiger partial charge in [0, 0.05) is 32.6 Å². The number of piperazine rings is 1. The van der Waals surface area contributed by atoms with Crippen molar-refractivity contribution in [1.82, 2.24) is 15.1 Å². The molecule has 1 aliphatic heterocycles. The summed E-state index contributed by atoms with van der Waals surface area (Å²) < 4.78 is 0. The van der Waals surface area contributed by atoms with Gasteiger partial charge in [0.2, 0.25) is 5.91 Å². The molecule has 6 heteroatoms. The summed E-state index contributed by atoms with van der Waals surface area (Å²) in [5.74, 6) is 1.56. The highest BCUT2D eigenvalue weighted by molar-refractivity contribution is 5.77. The lowest BCUT2D eigenvalue weighted by molar-refractivity contribution is -0.132. The Labute approximate surface area is 162 Å². The van der Waals surface area contributed by atoms with Crippen molar-refractivity contribution in [2.75, 3.05) is 31.1 Å². The average Bonchev–Trinajstić information content (AvgIpc) is 2.73. The summed E-state index contributed by atoms with van der Waals surface area (Å²) in [6, 6.07) is 2.35. The van der Waals surface area contributed by atoms with Crippen LogP contribution >= 0.6 is 0 Å². The minimum atomic E-state index is 0.295. The molecule has 0 spiro atoms. The van der Waals surface area contributed by atoms with Gasteiger partial charge < -0.3 is 9.80 Å². The predicted molar refractivity (Wildman–Crippen MR) is 105 cm³/mol. The van der Waals surface area contributed by atoms with E-state index in [-0.39, 0.29) is 0 Å². The number of amides is 1. The number of aryl methyl sites for hydroxylation is 1. The van der Waals surface area contributed by atoms with E-state index in [1.807, 2.05) is 11.8 Å². The van der Waals surface area contributed by atoms with E-state index in [2.05, 4.69) is 28.1 Å². The van der Waals surface area contributed by atoms with Crippen molar-refractivity contribution < 1.29 is 4.79 Å². The molecule has 0 aromatic carbocycles. The van der Waals surface area contributed by atoms with Crippen molar-refractivity contribution in [2.24, 2.45) is 5.92 Å². The van der Waals surface area contributed by atoms with Crippen molar-refractivity contribution in [3.63, 3.8) is 0 Å². The molecule has 1 aromatic heterocycles. The van der Waals surface area contributed by atoms with Gasteiger partial charge in [0.05, 0.1) is 5.69 Å². The van der Waals surface area contributed by atoms with Crippen molar-refractivity contribution >= 4 is 11.7 Å². The number of nitriles is 1. The molecule has 2 fully saturated rings. The van der Waals surface area contributed by atoms with Crippen LogP contribution in [-0.4, -0.2) is 47.2 Å². The summed E-state index contributed by atoms with van der Waals surface area (Å²) in [6.45, 7) is 6.94. The Bertz CT molecular complexity index is 697. The monoisotopic (exact) mass is 369 g/mol. The Balaban J connectivity index is 1.63. The molecule has 1 aliphatic carbocycles. The quantitative estimate of drug-likeness (QED) is 0.797. The summed E-state index contributed by atoms with van der Waals surface area (Å²) in [5, 5.41) is 18.4. The first kappa shape index (κ1) is 19.6. The molecular weight excluding hydrogens is 338 g/mol. The van der Waals surface area contributed by atoms with Crippen molar-refractivity contribution in [3.8, 4) is 6.07 Å². The third-order valence-corrected chi connectivity index (χ3v) is 6.06. The van der Waals surface area contributed by atoms with Gasteiger partial charge in [-0.2, -0.15) is 10.4 Å². The van der Waals surface area contributed by atoms with E-state index in [1.54, 1.807) is 0 Å². The van der Waals surface area contributed by atoms with Gasteiger partial charge >= 0.3 is 0 Å². The van der Waals surface area contributed by atoms with Crippen LogP contribution < -0.4 is 4.90 Å². The van der Waals surface area contributed by atoms with Crippen molar-refractivity contribution in [2.45, 2.75) is 65.2 Å². The van der Waals surface area contributed by atoms with Crippen molar-refractivity contribution in [3.05, 3.63) is 16.8 Å². The molecule has 27 heavy (non-hydrogen) atoms. The summed E-state index contributed by atoms with van der Waals surface area (Å²) in [4.78, 5) is 16.8. The van der Waals surface area contributed by atoms with E-state index in [9.17, 15) is 10.1 Å². The number of hydrogen-bond acceptors (Lipinski definition) is 5. The average molecular weight is 370 g/mol. The largest absolute Gasteiger partial charge is 0.350 e. The molecule has 2 heterocycles. The summed E-state index contributed by atoms with van der Waals surface area (Å²) in [7, 11) is 0. The molecule has 1 saturated heterocycles. The molecule has 6 nitrogen and oxygen atoms in total. The Hall–Kier alpha value is -2.16. The minimum Gasteiger partial charge on any atom is -0.350 e. The van der Waals surface area contributed by atoms with Gasteiger partial charge in [0.25, 0.3) is 0 Å². The molecular formula is C21H31N5O. The van der Waals surface area contributed by atoms with Crippen LogP contribution in [0.5, 0.6) is 0 Å². The summed E-state index contributed by atoms with van der Waals surface area (Å²) in [6.07, 6.45) is 8.55. The lowest BCUT2D eigenvalue weighted by Crippen LogP contribution is -2.49. The molecule has 2 aliphatic rings. The van der Waals surface area contributed by atoms with E-state index in [0.717, 1.165) is 24.1 Å². The maximum atomic E-state index is 12.6. The van der Waals surface area contributed by atoms with Gasteiger partial charge in [-0.25, -0.2) is 0 Å². The molecule has 0 bridgehead atoms. The molecule has 0 atom stereocenters. The second-order valence-corrected chi connectivity index (χ2v) is 7.72. The fourth-order valence-electron chi connectivity index (χ4n) is 4.44. The molecule has 0 unspecified atom stereocenters. The maximum Gasteiger partial charge on any atom is 0.222 e. The van der Waals surface area contributed by atoms with Crippen LogP contribution in [0.1, 0.15) is 69.2 Å². The minimum absolute atomic E-state index is 0.295. The number of carbonyl (C=O) groups is 1. The summed E-state index contributed by atoms with van der Waals surface area (Å²) in [5.41, 5.74) is 2.59. The molecule has 1 amide bonds. The zero-order valence-corrected chi connectivity index (χ0v) is 16.7. The number of nitrogens with zero attached hydrogens (tertiary/aromatic N) is 5. The molecule has 1 aromatic rings. The van der Waals surface area contributed by atoms with E-state index in [0.29, 0.717) is 55.8 Å². The number of anilines is 1. The van der Waals surface area contributed by atoms with Gasteiger partial charge in [0.15, 0.2) is 5.82 Å².